The second-order valence-electron chi connectivity index (χ2n) is 9.31. The minimum atomic E-state index is -0.287. The molecule has 34 heavy (non-hydrogen) atoms. The zero-order valence-corrected chi connectivity index (χ0v) is 19.6. The number of carbonyl (C=O) groups is 1. The van der Waals surface area contributed by atoms with Gasteiger partial charge >= 0.3 is 0 Å². The second kappa shape index (κ2) is 9.86. The van der Waals surface area contributed by atoms with Crippen molar-refractivity contribution in [3.63, 3.8) is 0 Å². The average Bonchev–Trinajstić information content (AvgIpc) is 3.16. The van der Waals surface area contributed by atoms with Gasteiger partial charge in [-0.05, 0) is 24.1 Å². The zero-order valence-electron chi connectivity index (χ0n) is 19.6. The molecular formula is C30H32N2O2. The van der Waals surface area contributed by atoms with E-state index < -0.39 is 0 Å². The van der Waals surface area contributed by atoms with Gasteiger partial charge in [0, 0.05) is 43.6 Å². The predicted molar refractivity (Wildman–Crippen MR) is 136 cm³/mol. The largest absolute Gasteiger partial charge is 0.482 e. The molecule has 1 fully saturated rings. The van der Waals surface area contributed by atoms with Gasteiger partial charge in [0.05, 0.1) is 5.92 Å². The van der Waals surface area contributed by atoms with Crippen LogP contribution in [0, 0.1) is 0 Å². The van der Waals surface area contributed by atoms with Crippen LogP contribution in [0.25, 0.3) is 5.76 Å². The van der Waals surface area contributed by atoms with Gasteiger partial charge in [-0.25, -0.2) is 0 Å². The number of hydrogen-bond donors (Lipinski definition) is 1. The molecule has 5 rings (SSSR count). The Morgan fingerprint density at radius 3 is 2.15 bits per heavy atom. The second-order valence-corrected chi connectivity index (χ2v) is 9.31. The van der Waals surface area contributed by atoms with Crippen LogP contribution >= 0.6 is 0 Å². The van der Waals surface area contributed by atoms with Gasteiger partial charge in [-0.1, -0.05) is 91.5 Å². The van der Waals surface area contributed by atoms with E-state index >= 15 is 0 Å². The number of carbonyl (C=O) groups excluding carboxylic acids is 1. The van der Waals surface area contributed by atoms with Crippen LogP contribution in [0.1, 0.15) is 47.4 Å². The van der Waals surface area contributed by atoms with E-state index in [9.17, 15) is 4.79 Å². The molecule has 4 heteroatoms. The highest BCUT2D eigenvalue weighted by atomic mass is 16.5. The van der Waals surface area contributed by atoms with E-state index in [1.165, 1.54) is 5.56 Å². The number of fused-ring (bicyclic) bond motifs is 2. The molecule has 0 bridgehead atoms. The molecule has 2 aliphatic rings. The fourth-order valence-electron chi connectivity index (χ4n) is 5.38. The molecule has 0 radical (unpaired) electrons. The molecule has 174 valence electrons. The maximum atomic E-state index is 13.2. The lowest BCUT2D eigenvalue weighted by atomic mass is 9.83. The summed E-state index contributed by atoms with van der Waals surface area (Å²) >= 11 is 0. The topological polar surface area (TPSA) is 41.6 Å². The monoisotopic (exact) mass is 452 g/mol. The van der Waals surface area contributed by atoms with Crippen molar-refractivity contribution in [1.82, 2.24) is 10.2 Å². The lowest BCUT2D eigenvalue weighted by Crippen LogP contribution is -2.43. The number of nitrogens with zero attached hydrogens (tertiary/aromatic N) is 1. The van der Waals surface area contributed by atoms with Crippen molar-refractivity contribution < 1.29 is 9.53 Å². The van der Waals surface area contributed by atoms with Gasteiger partial charge in [0.25, 0.3) is 0 Å². The standard InChI is InChI=1S/C30H32N2O2/c1-23-26-15-8-9-16-27(26)30(34-23)17-21-32(22-18-30)20-10-19-31-29(33)28(24-11-4-2-5-12-24)25-13-6-3-7-14-25/h2-9,11-16,28H,1,10,17-22H2,(H,31,33). The highest BCUT2D eigenvalue weighted by molar-refractivity contribution is 5.87. The quantitative estimate of drug-likeness (QED) is 0.494. The molecule has 0 unspecified atom stereocenters. The Balaban J connectivity index is 1.13. The highest BCUT2D eigenvalue weighted by Gasteiger charge is 2.44. The molecule has 1 amide bonds. The minimum Gasteiger partial charge on any atom is -0.482 e. The summed E-state index contributed by atoms with van der Waals surface area (Å²) in [5.41, 5.74) is 4.28. The van der Waals surface area contributed by atoms with Gasteiger partial charge in [-0.15, -0.1) is 0 Å². The summed E-state index contributed by atoms with van der Waals surface area (Å²) in [7, 11) is 0. The van der Waals surface area contributed by atoms with Crippen LogP contribution in [0.5, 0.6) is 0 Å². The first-order valence-corrected chi connectivity index (χ1v) is 12.2. The number of benzene rings is 3. The summed E-state index contributed by atoms with van der Waals surface area (Å²) in [6.45, 7) is 7.75. The summed E-state index contributed by atoms with van der Waals surface area (Å²) in [4.78, 5) is 15.6. The van der Waals surface area contributed by atoms with Crippen molar-refractivity contribution in [2.24, 2.45) is 0 Å². The Bertz CT molecular complexity index is 1100. The van der Waals surface area contributed by atoms with E-state index in [0.29, 0.717) is 6.54 Å². The lowest BCUT2D eigenvalue weighted by Gasteiger charge is -2.39. The lowest BCUT2D eigenvalue weighted by molar-refractivity contribution is -0.121. The van der Waals surface area contributed by atoms with E-state index in [1.54, 1.807) is 0 Å². The number of rotatable bonds is 7. The fraction of sp³-hybridized carbons (Fsp3) is 0.300. The van der Waals surface area contributed by atoms with Crippen molar-refractivity contribution in [3.8, 4) is 0 Å². The van der Waals surface area contributed by atoms with Gasteiger partial charge in [-0.3, -0.25) is 4.79 Å². The number of hydrogen-bond acceptors (Lipinski definition) is 3. The molecule has 0 aromatic heterocycles. The third kappa shape index (κ3) is 4.51. The van der Waals surface area contributed by atoms with Crippen LogP contribution < -0.4 is 5.32 Å². The van der Waals surface area contributed by atoms with Crippen molar-refractivity contribution >= 4 is 11.7 Å². The zero-order chi connectivity index (χ0) is 23.4. The molecule has 3 aromatic rings. The van der Waals surface area contributed by atoms with Gasteiger partial charge < -0.3 is 15.0 Å². The highest BCUT2D eigenvalue weighted by Crippen LogP contribution is 2.48. The Morgan fingerprint density at radius 1 is 0.912 bits per heavy atom. The van der Waals surface area contributed by atoms with Crippen LogP contribution in [-0.4, -0.2) is 37.0 Å². The van der Waals surface area contributed by atoms with Gasteiger partial charge in [0.1, 0.15) is 11.4 Å². The summed E-state index contributed by atoms with van der Waals surface area (Å²) < 4.78 is 6.30. The van der Waals surface area contributed by atoms with Gasteiger partial charge in [0.15, 0.2) is 0 Å². The Kier molecular flexibility index (Phi) is 6.50. The number of likely N-dealkylation sites (tertiary alicyclic amines) is 1. The molecule has 0 saturated carbocycles. The summed E-state index contributed by atoms with van der Waals surface area (Å²) in [5, 5.41) is 3.18. The molecule has 0 atom stereocenters. The van der Waals surface area contributed by atoms with Crippen molar-refractivity contribution in [1.29, 1.82) is 0 Å². The predicted octanol–water partition coefficient (Wildman–Crippen LogP) is 5.32. The van der Waals surface area contributed by atoms with Crippen LogP contribution in [0.15, 0.2) is 91.5 Å². The number of nitrogens with one attached hydrogen (secondary N) is 1. The Labute approximate surface area is 202 Å². The summed E-state index contributed by atoms with van der Waals surface area (Å²) in [6, 6.07) is 28.5. The normalized spacial score (nSPS) is 16.9. The van der Waals surface area contributed by atoms with Gasteiger partial charge in [-0.2, -0.15) is 0 Å². The van der Waals surface area contributed by atoms with E-state index in [4.69, 9.17) is 4.74 Å². The molecule has 1 saturated heterocycles. The van der Waals surface area contributed by atoms with Crippen LogP contribution in [-0.2, 0) is 15.1 Å². The van der Waals surface area contributed by atoms with Crippen molar-refractivity contribution in [2.75, 3.05) is 26.2 Å². The third-order valence-electron chi connectivity index (χ3n) is 7.18. The Morgan fingerprint density at radius 2 is 1.50 bits per heavy atom. The summed E-state index contributed by atoms with van der Waals surface area (Å²) in [6.07, 6.45) is 2.87. The smallest absolute Gasteiger partial charge is 0.232 e. The maximum absolute atomic E-state index is 13.2. The fourth-order valence-corrected chi connectivity index (χ4v) is 5.38. The van der Waals surface area contributed by atoms with Crippen LogP contribution in [0.2, 0.25) is 0 Å². The molecular weight excluding hydrogens is 420 g/mol. The number of piperidine rings is 1. The van der Waals surface area contributed by atoms with E-state index in [-0.39, 0.29) is 17.4 Å². The molecule has 0 aliphatic carbocycles. The van der Waals surface area contributed by atoms with Crippen molar-refractivity contribution in [2.45, 2.75) is 30.8 Å². The van der Waals surface area contributed by atoms with Gasteiger partial charge in [0.2, 0.25) is 5.91 Å². The first kappa shape index (κ1) is 22.4. The molecule has 1 spiro atoms. The van der Waals surface area contributed by atoms with E-state index in [1.807, 2.05) is 60.7 Å². The minimum absolute atomic E-state index is 0.0597. The molecule has 4 nitrogen and oxygen atoms in total. The van der Waals surface area contributed by atoms with Crippen molar-refractivity contribution in [3.05, 3.63) is 114 Å². The average molecular weight is 453 g/mol. The molecule has 2 heterocycles. The first-order valence-electron chi connectivity index (χ1n) is 12.2. The molecule has 2 aliphatic heterocycles. The van der Waals surface area contributed by atoms with E-state index in [2.05, 4.69) is 41.1 Å². The SMILES string of the molecule is C=C1OC2(CCN(CCCNC(=O)C(c3ccccc3)c3ccccc3)CC2)c2ccccc21. The Hall–Kier alpha value is -3.37. The number of ether oxygens (including phenoxy) is 1. The van der Waals surface area contributed by atoms with E-state index in [0.717, 1.165) is 61.3 Å². The third-order valence-corrected chi connectivity index (χ3v) is 7.18. The number of amides is 1. The maximum Gasteiger partial charge on any atom is 0.232 e. The van der Waals surface area contributed by atoms with Crippen LogP contribution in [0.4, 0.5) is 0 Å². The molecule has 3 aromatic carbocycles. The first-order chi connectivity index (χ1) is 16.7. The van der Waals surface area contributed by atoms with Crippen LogP contribution in [0.3, 0.4) is 0 Å². The molecule has 1 N–H and O–H groups in total. The summed E-state index contributed by atoms with van der Waals surface area (Å²) in [5.74, 6) is 0.576.